The van der Waals surface area contributed by atoms with E-state index in [1.807, 2.05) is 0 Å². The summed E-state index contributed by atoms with van der Waals surface area (Å²) in [6, 6.07) is 5.28. The molecule has 1 aromatic rings. The second-order valence-electron chi connectivity index (χ2n) is 3.31. The standard InChI is InChI=1S/C11H17O5P/c1-13-10-5-6-11(14-2)9(7-10)8-17(12,15-3)16-4/h5-7H,8H2,1-4H3. The van der Waals surface area contributed by atoms with Crippen LogP contribution in [0.4, 0.5) is 0 Å². The number of rotatable bonds is 6. The average molecular weight is 260 g/mol. The predicted molar refractivity (Wildman–Crippen MR) is 64.9 cm³/mol. The van der Waals surface area contributed by atoms with E-state index in [0.29, 0.717) is 11.5 Å². The van der Waals surface area contributed by atoms with Crippen LogP contribution in [0.25, 0.3) is 0 Å². The molecular formula is C11H17O5P. The van der Waals surface area contributed by atoms with Gasteiger partial charge in [-0.1, -0.05) is 0 Å². The summed E-state index contributed by atoms with van der Waals surface area (Å²) in [6.07, 6.45) is 0.139. The first-order valence-corrected chi connectivity index (χ1v) is 6.72. The first kappa shape index (κ1) is 14.0. The maximum Gasteiger partial charge on any atom is 0.334 e. The molecule has 96 valence electrons. The summed E-state index contributed by atoms with van der Waals surface area (Å²) in [6.45, 7) is 0. The van der Waals surface area contributed by atoms with Crippen LogP contribution in [0.2, 0.25) is 0 Å². The van der Waals surface area contributed by atoms with Crippen LogP contribution in [0, 0.1) is 0 Å². The Labute approximate surface area is 101 Å². The Balaban J connectivity index is 3.06. The van der Waals surface area contributed by atoms with Gasteiger partial charge in [0, 0.05) is 19.8 Å². The molecule has 0 unspecified atom stereocenters. The Morgan fingerprint density at radius 2 is 1.71 bits per heavy atom. The van der Waals surface area contributed by atoms with Gasteiger partial charge in [-0.25, -0.2) is 0 Å². The second kappa shape index (κ2) is 6.05. The fourth-order valence-corrected chi connectivity index (χ4v) is 2.49. The van der Waals surface area contributed by atoms with Crippen LogP contribution < -0.4 is 9.47 Å². The van der Waals surface area contributed by atoms with E-state index >= 15 is 0 Å². The van der Waals surface area contributed by atoms with Gasteiger partial charge in [-0.05, 0) is 18.2 Å². The molecule has 0 radical (unpaired) electrons. The van der Waals surface area contributed by atoms with Gasteiger partial charge in [0.2, 0.25) is 0 Å². The van der Waals surface area contributed by atoms with E-state index in [1.54, 1.807) is 32.4 Å². The van der Waals surface area contributed by atoms with E-state index in [1.165, 1.54) is 14.2 Å². The molecule has 0 heterocycles. The minimum absolute atomic E-state index is 0.139. The monoisotopic (exact) mass is 260 g/mol. The van der Waals surface area contributed by atoms with Crippen LogP contribution in [0.3, 0.4) is 0 Å². The van der Waals surface area contributed by atoms with Crippen molar-refractivity contribution >= 4 is 7.60 Å². The van der Waals surface area contributed by atoms with Crippen molar-refractivity contribution in [1.29, 1.82) is 0 Å². The van der Waals surface area contributed by atoms with Crippen LogP contribution in [-0.2, 0) is 19.8 Å². The van der Waals surface area contributed by atoms with Crippen molar-refractivity contribution in [3.05, 3.63) is 23.8 Å². The van der Waals surface area contributed by atoms with Gasteiger partial charge >= 0.3 is 7.60 Å². The average Bonchev–Trinajstić information content (AvgIpc) is 2.38. The van der Waals surface area contributed by atoms with Crippen molar-refractivity contribution in [2.75, 3.05) is 28.4 Å². The molecule has 0 saturated heterocycles. The van der Waals surface area contributed by atoms with Crippen molar-refractivity contribution in [2.24, 2.45) is 0 Å². The molecule has 17 heavy (non-hydrogen) atoms. The highest BCUT2D eigenvalue weighted by molar-refractivity contribution is 7.52. The van der Waals surface area contributed by atoms with Gasteiger partial charge in [0.05, 0.1) is 20.4 Å². The lowest BCUT2D eigenvalue weighted by Gasteiger charge is -2.16. The fourth-order valence-electron chi connectivity index (χ4n) is 1.42. The van der Waals surface area contributed by atoms with Gasteiger partial charge in [0.1, 0.15) is 11.5 Å². The molecule has 0 aromatic heterocycles. The fraction of sp³-hybridized carbons (Fsp3) is 0.455. The second-order valence-corrected chi connectivity index (χ2v) is 5.58. The molecule has 5 nitrogen and oxygen atoms in total. The van der Waals surface area contributed by atoms with E-state index in [9.17, 15) is 4.57 Å². The van der Waals surface area contributed by atoms with Gasteiger partial charge in [-0.2, -0.15) is 0 Å². The van der Waals surface area contributed by atoms with Gasteiger partial charge in [-0.15, -0.1) is 0 Å². The SMILES string of the molecule is COc1ccc(OC)c(CP(=O)(OC)OC)c1. The van der Waals surface area contributed by atoms with Crippen LogP contribution >= 0.6 is 7.60 Å². The van der Waals surface area contributed by atoms with Crippen molar-refractivity contribution < 1.29 is 23.1 Å². The Morgan fingerprint density at radius 3 is 2.18 bits per heavy atom. The molecule has 0 aliphatic rings. The number of methoxy groups -OCH3 is 2. The lowest BCUT2D eigenvalue weighted by atomic mass is 10.2. The summed E-state index contributed by atoms with van der Waals surface area (Å²) < 4.78 is 32.1. The largest absolute Gasteiger partial charge is 0.497 e. The summed E-state index contributed by atoms with van der Waals surface area (Å²) in [4.78, 5) is 0. The molecule has 0 saturated carbocycles. The lowest BCUT2D eigenvalue weighted by molar-refractivity contribution is 0.274. The maximum absolute atomic E-state index is 12.0. The third-order valence-corrected chi connectivity index (χ3v) is 4.25. The minimum atomic E-state index is -3.11. The summed E-state index contributed by atoms with van der Waals surface area (Å²) in [7, 11) is 2.73. The zero-order valence-corrected chi connectivity index (χ0v) is 11.3. The van der Waals surface area contributed by atoms with Gasteiger partial charge in [0.25, 0.3) is 0 Å². The maximum atomic E-state index is 12.0. The molecule has 0 spiro atoms. The normalized spacial score (nSPS) is 11.3. The first-order valence-electron chi connectivity index (χ1n) is 5.00. The van der Waals surface area contributed by atoms with Gasteiger partial charge in [-0.3, -0.25) is 4.57 Å². The van der Waals surface area contributed by atoms with E-state index in [4.69, 9.17) is 18.5 Å². The molecule has 0 atom stereocenters. The Morgan fingerprint density at radius 1 is 1.06 bits per heavy atom. The number of ether oxygens (including phenoxy) is 2. The minimum Gasteiger partial charge on any atom is -0.497 e. The molecule has 0 fully saturated rings. The Bertz CT molecular complexity index is 410. The summed E-state index contributed by atoms with van der Waals surface area (Å²) >= 11 is 0. The van der Waals surface area contributed by atoms with Crippen LogP contribution in [0.5, 0.6) is 11.5 Å². The Hall–Kier alpha value is -1.03. The van der Waals surface area contributed by atoms with Gasteiger partial charge in [0.15, 0.2) is 0 Å². The molecule has 1 rings (SSSR count). The molecule has 0 aliphatic heterocycles. The summed E-state index contributed by atoms with van der Waals surface area (Å²) in [5.74, 6) is 1.29. The number of hydrogen-bond donors (Lipinski definition) is 0. The summed E-state index contributed by atoms with van der Waals surface area (Å²) in [5.41, 5.74) is 0.721. The van der Waals surface area contributed by atoms with Crippen LogP contribution in [0.1, 0.15) is 5.56 Å². The quantitative estimate of drug-likeness (QED) is 0.736. The van der Waals surface area contributed by atoms with Crippen molar-refractivity contribution in [3.8, 4) is 11.5 Å². The van der Waals surface area contributed by atoms with Gasteiger partial charge < -0.3 is 18.5 Å². The Kier molecular flexibility index (Phi) is 5.00. The highest BCUT2D eigenvalue weighted by atomic mass is 31.2. The van der Waals surface area contributed by atoms with Crippen LogP contribution in [-0.4, -0.2) is 28.4 Å². The molecule has 0 bridgehead atoms. The number of benzene rings is 1. The van der Waals surface area contributed by atoms with Crippen molar-refractivity contribution in [1.82, 2.24) is 0 Å². The zero-order chi connectivity index (χ0) is 12.9. The first-order chi connectivity index (χ1) is 8.08. The molecule has 1 aromatic carbocycles. The molecule has 0 N–H and O–H groups in total. The zero-order valence-electron chi connectivity index (χ0n) is 10.4. The van der Waals surface area contributed by atoms with Crippen molar-refractivity contribution in [2.45, 2.75) is 6.16 Å². The van der Waals surface area contributed by atoms with E-state index in [-0.39, 0.29) is 6.16 Å². The predicted octanol–water partition coefficient (Wildman–Crippen LogP) is 2.69. The van der Waals surface area contributed by atoms with Crippen LogP contribution in [0.15, 0.2) is 18.2 Å². The molecular weight excluding hydrogens is 243 g/mol. The highest BCUT2D eigenvalue weighted by Crippen LogP contribution is 2.51. The van der Waals surface area contributed by atoms with E-state index < -0.39 is 7.60 Å². The van der Waals surface area contributed by atoms with E-state index in [0.717, 1.165) is 5.56 Å². The molecule has 0 aliphatic carbocycles. The molecule has 6 heteroatoms. The third-order valence-electron chi connectivity index (χ3n) is 2.41. The third kappa shape index (κ3) is 3.46. The smallest absolute Gasteiger partial charge is 0.334 e. The van der Waals surface area contributed by atoms with E-state index in [2.05, 4.69) is 0 Å². The number of hydrogen-bond acceptors (Lipinski definition) is 5. The highest BCUT2D eigenvalue weighted by Gasteiger charge is 2.24. The summed E-state index contributed by atoms with van der Waals surface area (Å²) in [5, 5.41) is 0. The van der Waals surface area contributed by atoms with Crippen molar-refractivity contribution in [3.63, 3.8) is 0 Å². The topological polar surface area (TPSA) is 54.0 Å². The molecule has 0 amide bonds. The lowest BCUT2D eigenvalue weighted by Crippen LogP contribution is -1.97.